The molecule has 1 amide bonds. The van der Waals surface area contributed by atoms with Crippen LogP contribution in [-0.4, -0.2) is 35.2 Å². The van der Waals surface area contributed by atoms with Crippen molar-refractivity contribution in [2.24, 2.45) is 0 Å². The Balaban J connectivity index is 4.10. The lowest BCUT2D eigenvalue weighted by Crippen LogP contribution is -2.32. The summed E-state index contributed by atoms with van der Waals surface area (Å²) in [6, 6.07) is 2.04. The summed E-state index contributed by atoms with van der Waals surface area (Å²) in [5, 5.41) is 18.2. The molecule has 0 aliphatic carbocycles. The van der Waals surface area contributed by atoms with E-state index in [1.807, 2.05) is 13.0 Å². The predicted molar refractivity (Wildman–Crippen MR) is 68.9 cm³/mol. The Morgan fingerprint density at radius 1 is 1.26 bits per heavy atom. The van der Waals surface area contributed by atoms with Crippen molar-refractivity contribution in [1.82, 2.24) is 5.06 Å². The smallest absolute Gasteiger partial charge is 0.303 e. The number of hydroxylamine groups is 2. The van der Waals surface area contributed by atoms with E-state index in [0.717, 1.165) is 12.8 Å². The van der Waals surface area contributed by atoms with Crippen LogP contribution in [0.2, 0.25) is 0 Å². The van der Waals surface area contributed by atoms with E-state index < -0.39 is 5.97 Å². The molecule has 0 aromatic heterocycles. The first kappa shape index (κ1) is 17.4. The van der Waals surface area contributed by atoms with Crippen molar-refractivity contribution in [3.05, 3.63) is 0 Å². The van der Waals surface area contributed by atoms with Crippen LogP contribution >= 0.6 is 0 Å². The molecule has 0 fully saturated rings. The van der Waals surface area contributed by atoms with Gasteiger partial charge in [0.05, 0.1) is 19.1 Å². The quantitative estimate of drug-likeness (QED) is 0.458. The van der Waals surface area contributed by atoms with Crippen molar-refractivity contribution >= 4 is 11.9 Å². The highest BCUT2D eigenvalue weighted by Gasteiger charge is 2.15. The largest absolute Gasteiger partial charge is 0.481 e. The van der Waals surface area contributed by atoms with Crippen LogP contribution in [0.1, 0.15) is 51.9 Å². The Hall–Kier alpha value is -1.61. The zero-order valence-corrected chi connectivity index (χ0v) is 11.4. The summed E-state index contributed by atoms with van der Waals surface area (Å²) >= 11 is 0. The van der Waals surface area contributed by atoms with Gasteiger partial charge < -0.3 is 5.11 Å². The number of hydrogen-bond acceptors (Lipinski definition) is 4. The highest BCUT2D eigenvalue weighted by Crippen LogP contribution is 2.05. The van der Waals surface area contributed by atoms with Crippen molar-refractivity contribution in [3.8, 4) is 6.07 Å². The number of rotatable bonds is 11. The second kappa shape index (κ2) is 11.5. The van der Waals surface area contributed by atoms with E-state index in [-0.39, 0.29) is 18.7 Å². The first-order valence-corrected chi connectivity index (χ1v) is 6.63. The van der Waals surface area contributed by atoms with Gasteiger partial charge in [0.25, 0.3) is 0 Å². The van der Waals surface area contributed by atoms with E-state index in [1.54, 1.807) is 0 Å². The molecular formula is C13H22N2O4. The molecule has 0 unspecified atom stereocenters. The van der Waals surface area contributed by atoms with Gasteiger partial charge in [-0.1, -0.05) is 13.3 Å². The molecule has 0 aliphatic heterocycles. The minimum atomic E-state index is -0.994. The molecule has 0 aromatic carbocycles. The third kappa shape index (κ3) is 10.0. The topological polar surface area (TPSA) is 90.6 Å². The molecule has 0 rings (SSSR count). The van der Waals surface area contributed by atoms with E-state index >= 15 is 0 Å². The Bertz CT molecular complexity index is 312. The number of carbonyl (C=O) groups excluding carboxylic acids is 1. The van der Waals surface area contributed by atoms with Crippen LogP contribution in [0.15, 0.2) is 0 Å². The van der Waals surface area contributed by atoms with E-state index in [4.69, 9.17) is 15.2 Å². The molecule has 6 nitrogen and oxygen atoms in total. The molecule has 0 bridgehead atoms. The summed E-state index contributed by atoms with van der Waals surface area (Å²) in [4.78, 5) is 27.6. The minimum Gasteiger partial charge on any atom is -0.481 e. The van der Waals surface area contributed by atoms with Crippen molar-refractivity contribution in [1.29, 1.82) is 5.26 Å². The van der Waals surface area contributed by atoms with Crippen LogP contribution in [0.3, 0.4) is 0 Å². The summed E-state index contributed by atoms with van der Waals surface area (Å²) in [5.74, 6) is -1.30. The van der Waals surface area contributed by atoms with Crippen LogP contribution in [0.5, 0.6) is 0 Å². The zero-order chi connectivity index (χ0) is 14.5. The summed E-state index contributed by atoms with van der Waals surface area (Å²) in [7, 11) is 0. The van der Waals surface area contributed by atoms with Gasteiger partial charge in [-0.3, -0.25) is 14.4 Å². The first-order valence-electron chi connectivity index (χ1n) is 6.63. The molecular weight excluding hydrogens is 248 g/mol. The summed E-state index contributed by atoms with van der Waals surface area (Å²) in [6.07, 6.45) is 3.40. The number of unbranched alkanes of at least 4 members (excludes halogenated alkanes) is 3. The molecule has 0 aliphatic rings. The van der Waals surface area contributed by atoms with Crippen molar-refractivity contribution in [2.45, 2.75) is 51.9 Å². The molecule has 108 valence electrons. The molecule has 0 aromatic rings. The molecule has 19 heavy (non-hydrogen) atoms. The van der Waals surface area contributed by atoms with Crippen LogP contribution < -0.4 is 0 Å². The Morgan fingerprint density at radius 2 is 2.00 bits per heavy atom. The average Bonchev–Trinajstić information content (AvgIpc) is 2.39. The molecule has 0 saturated heterocycles. The monoisotopic (exact) mass is 270 g/mol. The molecule has 1 N–H and O–H groups in total. The lowest BCUT2D eigenvalue weighted by molar-refractivity contribution is -0.188. The summed E-state index contributed by atoms with van der Waals surface area (Å²) < 4.78 is 0. The summed E-state index contributed by atoms with van der Waals surface area (Å²) in [5.41, 5.74) is 0. The second-order valence-electron chi connectivity index (χ2n) is 4.19. The van der Waals surface area contributed by atoms with Gasteiger partial charge in [-0.05, 0) is 19.3 Å². The van der Waals surface area contributed by atoms with Crippen molar-refractivity contribution < 1.29 is 19.5 Å². The van der Waals surface area contributed by atoms with Gasteiger partial charge in [-0.25, -0.2) is 5.06 Å². The molecule has 0 radical (unpaired) electrons. The predicted octanol–water partition coefficient (Wildman–Crippen LogP) is 2.11. The number of hydrogen-bond donors (Lipinski definition) is 1. The van der Waals surface area contributed by atoms with Gasteiger partial charge in [0, 0.05) is 19.4 Å². The maximum Gasteiger partial charge on any atom is 0.303 e. The number of aliphatic carboxylic acids is 1. The Labute approximate surface area is 113 Å². The van der Waals surface area contributed by atoms with Crippen molar-refractivity contribution in [3.63, 3.8) is 0 Å². The van der Waals surface area contributed by atoms with E-state index in [9.17, 15) is 9.59 Å². The van der Waals surface area contributed by atoms with Gasteiger partial charge in [0.15, 0.2) is 0 Å². The van der Waals surface area contributed by atoms with Crippen molar-refractivity contribution in [2.75, 3.05) is 13.2 Å². The number of nitriles is 1. The number of carbonyl (C=O) groups is 2. The summed E-state index contributed by atoms with van der Waals surface area (Å²) in [6.45, 7) is 2.88. The van der Waals surface area contributed by atoms with E-state index in [1.165, 1.54) is 5.06 Å². The average molecular weight is 270 g/mol. The van der Waals surface area contributed by atoms with Gasteiger partial charge in [0.1, 0.15) is 0 Å². The fourth-order valence-electron chi connectivity index (χ4n) is 1.38. The highest BCUT2D eigenvalue weighted by molar-refractivity contribution is 5.79. The van der Waals surface area contributed by atoms with Gasteiger partial charge in [-0.2, -0.15) is 5.26 Å². The molecule has 6 heteroatoms. The maximum atomic E-state index is 11.8. The van der Waals surface area contributed by atoms with Gasteiger partial charge >= 0.3 is 5.97 Å². The third-order valence-electron chi connectivity index (χ3n) is 2.48. The number of nitrogens with zero attached hydrogens (tertiary/aromatic N) is 2. The fourth-order valence-corrected chi connectivity index (χ4v) is 1.38. The second-order valence-corrected chi connectivity index (χ2v) is 4.19. The third-order valence-corrected chi connectivity index (χ3v) is 2.48. The maximum absolute atomic E-state index is 11.8. The van der Waals surface area contributed by atoms with E-state index in [2.05, 4.69) is 0 Å². The normalized spacial score (nSPS) is 9.89. The van der Waals surface area contributed by atoms with Crippen LogP contribution in [0.25, 0.3) is 0 Å². The molecule has 0 saturated carbocycles. The highest BCUT2D eigenvalue weighted by atomic mass is 16.7. The van der Waals surface area contributed by atoms with Crippen LogP contribution in [0.4, 0.5) is 0 Å². The lowest BCUT2D eigenvalue weighted by atomic mass is 10.2. The van der Waals surface area contributed by atoms with Gasteiger partial charge in [-0.15, -0.1) is 0 Å². The Kier molecular flexibility index (Phi) is 10.5. The standard InChI is InChI=1S/C13H22N2O4/c1-2-3-11-19-15(10-6-4-5-9-14)12(16)7-8-13(17)18/h2-8,10-11H2,1H3,(H,17,18). The zero-order valence-electron chi connectivity index (χ0n) is 11.4. The lowest BCUT2D eigenvalue weighted by Gasteiger charge is -2.21. The molecule has 0 heterocycles. The fraction of sp³-hybridized carbons (Fsp3) is 0.769. The molecule has 0 spiro atoms. The van der Waals surface area contributed by atoms with Gasteiger partial charge in [0.2, 0.25) is 5.91 Å². The number of carboxylic acid groups (broad SMARTS) is 1. The van der Waals surface area contributed by atoms with E-state index in [0.29, 0.717) is 32.4 Å². The minimum absolute atomic E-state index is 0.0558. The Morgan fingerprint density at radius 3 is 2.58 bits per heavy atom. The molecule has 0 atom stereocenters. The van der Waals surface area contributed by atoms with Crippen LogP contribution in [0, 0.1) is 11.3 Å². The first-order chi connectivity index (χ1) is 9.11. The number of carboxylic acids is 1. The van der Waals surface area contributed by atoms with Crippen LogP contribution in [-0.2, 0) is 14.4 Å². The SMILES string of the molecule is CCCCON(CCCCC#N)C(=O)CCC(=O)O. The number of amides is 1.